The van der Waals surface area contributed by atoms with Crippen LogP contribution >= 0.6 is 11.6 Å². The molecule has 2 atom stereocenters. The van der Waals surface area contributed by atoms with Gasteiger partial charge in [-0.2, -0.15) is 0 Å². The lowest BCUT2D eigenvalue weighted by Crippen LogP contribution is -2.32. The Morgan fingerprint density at radius 1 is 1.17 bits per heavy atom. The van der Waals surface area contributed by atoms with Gasteiger partial charge in [-0.15, -0.1) is 0 Å². The molecule has 0 bridgehead atoms. The fourth-order valence-corrected chi connectivity index (χ4v) is 2.91. The summed E-state index contributed by atoms with van der Waals surface area (Å²) < 4.78 is 4.72. The Kier molecular flexibility index (Phi) is 6.32. The summed E-state index contributed by atoms with van der Waals surface area (Å²) in [7, 11) is 1.28. The number of carbonyl (C=O) groups is 1. The number of hydrogen-bond acceptors (Lipinski definition) is 4. The standard InChI is InChI=1S/C18H18ClNO4/c1-24-18(21)12-15(13-7-3-2-4-8-13)17(20(22)23)11-14-9-5-6-10-16(14)19/h2-10,15,17H,11-12H2,1H3. The summed E-state index contributed by atoms with van der Waals surface area (Å²) in [6.45, 7) is 0. The van der Waals surface area contributed by atoms with Gasteiger partial charge in [0.15, 0.2) is 0 Å². The highest BCUT2D eigenvalue weighted by molar-refractivity contribution is 6.31. The van der Waals surface area contributed by atoms with Crippen molar-refractivity contribution in [2.75, 3.05) is 7.11 Å². The highest BCUT2D eigenvalue weighted by atomic mass is 35.5. The zero-order valence-electron chi connectivity index (χ0n) is 13.2. The van der Waals surface area contributed by atoms with E-state index in [1.54, 1.807) is 48.5 Å². The summed E-state index contributed by atoms with van der Waals surface area (Å²) in [6, 6.07) is 15.0. The van der Waals surface area contributed by atoms with Gasteiger partial charge in [-0.25, -0.2) is 0 Å². The largest absolute Gasteiger partial charge is 0.469 e. The second kappa shape index (κ2) is 8.45. The Hall–Kier alpha value is -2.40. The maximum absolute atomic E-state index is 11.8. The van der Waals surface area contributed by atoms with Crippen LogP contribution in [0, 0.1) is 10.1 Å². The Morgan fingerprint density at radius 2 is 1.79 bits per heavy atom. The van der Waals surface area contributed by atoms with E-state index in [-0.39, 0.29) is 17.8 Å². The van der Waals surface area contributed by atoms with Crippen LogP contribution < -0.4 is 0 Å². The lowest BCUT2D eigenvalue weighted by molar-refractivity contribution is -0.526. The first kappa shape index (κ1) is 17.9. The summed E-state index contributed by atoms with van der Waals surface area (Å²) >= 11 is 6.14. The third-order valence-electron chi connectivity index (χ3n) is 3.96. The van der Waals surface area contributed by atoms with E-state index in [1.807, 2.05) is 6.07 Å². The number of halogens is 1. The predicted molar refractivity (Wildman–Crippen MR) is 91.8 cm³/mol. The molecule has 0 aliphatic rings. The molecule has 0 N–H and O–H groups in total. The SMILES string of the molecule is COC(=O)CC(c1ccccc1)C(Cc1ccccc1Cl)[N+](=O)[O-]. The molecule has 0 aliphatic heterocycles. The van der Waals surface area contributed by atoms with Crippen molar-refractivity contribution in [2.45, 2.75) is 24.8 Å². The molecule has 2 unspecified atom stereocenters. The lowest BCUT2D eigenvalue weighted by atomic mass is 9.85. The van der Waals surface area contributed by atoms with Gasteiger partial charge in [-0.05, 0) is 17.2 Å². The summed E-state index contributed by atoms with van der Waals surface area (Å²) in [5.41, 5.74) is 1.42. The number of rotatable bonds is 7. The summed E-state index contributed by atoms with van der Waals surface area (Å²) in [4.78, 5) is 23.1. The molecule has 126 valence electrons. The van der Waals surface area contributed by atoms with E-state index in [1.165, 1.54) is 7.11 Å². The fourth-order valence-electron chi connectivity index (χ4n) is 2.69. The van der Waals surface area contributed by atoms with Crippen molar-refractivity contribution in [3.05, 3.63) is 80.9 Å². The monoisotopic (exact) mass is 347 g/mol. The Balaban J connectivity index is 2.37. The number of methoxy groups -OCH3 is 1. The number of benzene rings is 2. The number of hydrogen-bond donors (Lipinski definition) is 0. The lowest BCUT2D eigenvalue weighted by Gasteiger charge is -2.21. The van der Waals surface area contributed by atoms with Crippen molar-refractivity contribution in [3.63, 3.8) is 0 Å². The van der Waals surface area contributed by atoms with Crippen molar-refractivity contribution in [1.29, 1.82) is 0 Å². The van der Waals surface area contributed by atoms with Gasteiger partial charge in [0.25, 0.3) is 0 Å². The minimum Gasteiger partial charge on any atom is -0.469 e. The average Bonchev–Trinajstić information content (AvgIpc) is 2.59. The molecule has 0 aromatic heterocycles. The van der Waals surface area contributed by atoms with Gasteiger partial charge in [0, 0.05) is 16.4 Å². The highest BCUT2D eigenvalue weighted by Crippen LogP contribution is 2.29. The average molecular weight is 348 g/mol. The van der Waals surface area contributed by atoms with Crippen molar-refractivity contribution in [3.8, 4) is 0 Å². The van der Waals surface area contributed by atoms with Gasteiger partial charge in [0.2, 0.25) is 6.04 Å². The van der Waals surface area contributed by atoms with Gasteiger partial charge in [-0.1, -0.05) is 60.1 Å². The fraction of sp³-hybridized carbons (Fsp3) is 0.278. The number of esters is 1. The summed E-state index contributed by atoms with van der Waals surface area (Å²) in [5.74, 6) is -1.07. The molecule has 0 aliphatic carbocycles. The number of ether oxygens (including phenoxy) is 1. The van der Waals surface area contributed by atoms with Gasteiger partial charge in [0.05, 0.1) is 19.4 Å². The second-order valence-electron chi connectivity index (χ2n) is 5.45. The quantitative estimate of drug-likeness (QED) is 0.433. The van der Waals surface area contributed by atoms with Crippen LogP contribution in [0.4, 0.5) is 0 Å². The van der Waals surface area contributed by atoms with E-state index in [4.69, 9.17) is 16.3 Å². The molecule has 5 nitrogen and oxygen atoms in total. The van der Waals surface area contributed by atoms with Crippen molar-refractivity contribution < 1.29 is 14.5 Å². The van der Waals surface area contributed by atoms with Crippen LogP contribution in [-0.4, -0.2) is 24.0 Å². The highest BCUT2D eigenvalue weighted by Gasteiger charge is 2.35. The van der Waals surface area contributed by atoms with E-state index >= 15 is 0 Å². The molecule has 24 heavy (non-hydrogen) atoms. The Morgan fingerprint density at radius 3 is 2.38 bits per heavy atom. The summed E-state index contributed by atoms with van der Waals surface area (Å²) in [6.07, 6.45) is 0.0832. The first-order valence-corrected chi connectivity index (χ1v) is 7.89. The van der Waals surface area contributed by atoms with Crippen LogP contribution in [0.15, 0.2) is 54.6 Å². The van der Waals surface area contributed by atoms with Crippen LogP contribution in [0.25, 0.3) is 0 Å². The molecular weight excluding hydrogens is 330 g/mol. The zero-order chi connectivity index (χ0) is 17.5. The minimum absolute atomic E-state index is 0.0589. The Labute approximate surface area is 145 Å². The zero-order valence-corrected chi connectivity index (χ0v) is 14.0. The smallest absolute Gasteiger partial charge is 0.306 e. The first-order valence-electron chi connectivity index (χ1n) is 7.51. The molecule has 0 spiro atoms. The van der Waals surface area contributed by atoms with E-state index in [0.717, 1.165) is 5.56 Å². The van der Waals surface area contributed by atoms with Gasteiger partial charge in [0.1, 0.15) is 0 Å². The minimum atomic E-state index is -0.980. The van der Waals surface area contributed by atoms with E-state index in [2.05, 4.69) is 0 Å². The van der Waals surface area contributed by atoms with Crippen molar-refractivity contribution in [1.82, 2.24) is 0 Å². The van der Waals surface area contributed by atoms with Gasteiger partial charge in [-0.3, -0.25) is 14.9 Å². The van der Waals surface area contributed by atoms with Crippen LogP contribution in [0.1, 0.15) is 23.5 Å². The molecule has 0 saturated carbocycles. The van der Waals surface area contributed by atoms with E-state index in [9.17, 15) is 14.9 Å². The molecular formula is C18H18ClNO4. The Bertz CT molecular complexity index is 705. The third kappa shape index (κ3) is 4.55. The molecule has 6 heteroatoms. The molecule has 0 fully saturated rings. The van der Waals surface area contributed by atoms with Crippen LogP contribution in [0.5, 0.6) is 0 Å². The maximum atomic E-state index is 11.8. The number of nitro groups is 1. The number of carbonyl (C=O) groups excluding carboxylic acids is 1. The van der Waals surface area contributed by atoms with Crippen molar-refractivity contribution >= 4 is 17.6 Å². The van der Waals surface area contributed by atoms with Crippen LogP contribution in [-0.2, 0) is 16.0 Å². The van der Waals surface area contributed by atoms with Crippen LogP contribution in [0.3, 0.4) is 0 Å². The third-order valence-corrected chi connectivity index (χ3v) is 4.33. The molecule has 0 heterocycles. The van der Waals surface area contributed by atoms with Crippen molar-refractivity contribution in [2.24, 2.45) is 0 Å². The molecule has 2 aromatic carbocycles. The molecule has 0 amide bonds. The van der Waals surface area contributed by atoms with Gasteiger partial charge < -0.3 is 4.74 Å². The maximum Gasteiger partial charge on any atom is 0.306 e. The topological polar surface area (TPSA) is 69.4 Å². The molecule has 0 saturated heterocycles. The molecule has 2 aromatic rings. The second-order valence-corrected chi connectivity index (χ2v) is 5.85. The van der Waals surface area contributed by atoms with Gasteiger partial charge >= 0.3 is 5.97 Å². The molecule has 0 radical (unpaired) electrons. The first-order chi connectivity index (χ1) is 11.5. The summed E-state index contributed by atoms with van der Waals surface area (Å²) in [5, 5.41) is 12.2. The van der Waals surface area contributed by atoms with E-state index < -0.39 is 17.9 Å². The molecule has 2 rings (SSSR count). The normalized spacial score (nSPS) is 13.1. The number of nitrogens with zero attached hydrogens (tertiary/aromatic N) is 1. The van der Waals surface area contributed by atoms with E-state index in [0.29, 0.717) is 10.6 Å². The van der Waals surface area contributed by atoms with Crippen LogP contribution in [0.2, 0.25) is 5.02 Å². The predicted octanol–water partition coefficient (Wildman–Crippen LogP) is 3.87.